The number of hydrogen-bond acceptors (Lipinski definition) is 3. The molecule has 168 valence electrons. The van der Waals surface area contributed by atoms with Crippen LogP contribution in [0.15, 0.2) is 60.8 Å². The van der Waals surface area contributed by atoms with E-state index in [0.29, 0.717) is 11.5 Å². The van der Waals surface area contributed by atoms with Crippen LogP contribution in [0.25, 0.3) is 22.5 Å². The minimum atomic E-state index is -4.57. The highest BCUT2D eigenvalue weighted by Crippen LogP contribution is 2.38. The molecule has 9 heteroatoms. The van der Waals surface area contributed by atoms with Gasteiger partial charge in [-0.05, 0) is 30.7 Å². The zero-order valence-electron chi connectivity index (χ0n) is 17.7. The Morgan fingerprint density at radius 1 is 1.09 bits per heavy atom. The third-order valence-corrected chi connectivity index (χ3v) is 5.68. The Labute approximate surface area is 187 Å². The van der Waals surface area contributed by atoms with Crippen LogP contribution < -0.4 is 5.32 Å². The molecule has 0 spiro atoms. The number of aryl methyl sites for hydroxylation is 2. The largest absolute Gasteiger partial charge is 0.417 e. The molecule has 0 saturated carbocycles. The minimum Gasteiger partial charge on any atom is -0.314 e. The monoisotopic (exact) mass is 451 g/mol. The molecule has 4 aromatic rings. The van der Waals surface area contributed by atoms with Gasteiger partial charge in [-0.15, -0.1) is 0 Å². The highest BCUT2D eigenvalue weighted by Gasteiger charge is 2.35. The highest BCUT2D eigenvalue weighted by atomic mass is 19.4. The Morgan fingerprint density at radius 2 is 1.88 bits per heavy atom. The molecule has 2 aromatic carbocycles. The van der Waals surface area contributed by atoms with Gasteiger partial charge in [-0.1, -0.05) is 30.3 Å². The standard InChI is InChI=1S/C24H20F3N5O/c1-31-13-11-19(30-31)17-14-16(9-10-18(17)24(25,26)27)23(33)29-22-21(15-6-3-2-4-7-15)28-20-8-5-12-32(20)22/h2-4,6-7,9-11,13-14H,5,8,12H2,1H3,(H,29,33). The first-order chi connectivity index (χ1) is 15.8. The molecule has 5 rings (SSSR count). The van der Waals surface area contributed by atoms with Crippen LogP contribution in [0.2, 0.25) is 0 Å². The van der Waals surface area contributed by atoms with Crippen LogP contribution in [0.5, 0.6) is 0 Å². The van der Waals surface area contributed by atoms with Crippen molar-refractivity contribution in [2.75, 3.05) is 5.32 Å². The van der Waals surface area contributed by atoms with E-state index in [9.17, 15) is 18.0 Å². The van der Waals surface area contributed by atoms with Crippen molar-refractivity contribution < 1.29 is 18.0 Å². The van der Waals surface area contributed by atoms with E-state index in [0.717, 1.165) is 36.8 Å². The minimum absolute atomic E-state index is 0.108. The van der Waals surface area contributed by atoms with Gasteiger partial charge in [0.15, 0.2) is 0 Å². The van der Waals surface area contributed by atoms with Crippen LogP contribution in [0.1, 0.15) is 28.2 Å². The maximum atomic E-state index is 13.6. The second-order valence-electron chi connectivity index (χ2n) is 7.93. The summed E-state index contributed by atoms with van der Waals surface area (Å²) in [7, 11) is 1.62. The van der Waals surface area contributed by atoms with Gasteiger partial charge in [0.05, 0.1) is 11.3 Å². The van der Waals surface area contributed by atoms with Gasteiger partial charge >= 0.3 is 6.18 Å². The van der Waals surface area contributed by atoms with E-state index in [4.69, 9.17) is 4.98 Å². The van der Waals surface area contributed by atoms with Crippen LogP contribution in [0, 0.1) is 0 Å². The van der Waals surface area contributed by atoms with Crippen molar-refractivity contribution in [3.05, 3.63) is 77.7 Å². The van der Waals surface area contributed by atoms with Crippen LogP contribution >= 0.6 is 0 Å². The van der Waals surface area contributed by atoms with E-state index >= 15 is 0 Å². The van der Waals surface area contributed by atoms with Crippen molar-refractivity contribution in [1.29, 1.82) is 0 Å². The van der Waals surface area contributed by atoms with Gasteiger partial charge in [-0.25, -0.2) is 4.98 Å². The fourth-order valence-corrected chi connectivity index (χ4v) is 4.13. The second-order valence-corrected chi connectivity index (χ2v) is 7.93. The molecule has 0 fully saturated rings. The predicted octanol–water partition coefficient (Wildman–Crippen LogP) is 5.17. The Balaban J connectivity index is 1.54. The molecule has 3 heterocycles. The summed E-state index contributed by atoms with van der Waals surface area (Å²) < 4.78 is 44.3. The molecule has 0 unspecified atom stereocenters. The van der Waals surface area contributed by atoms with Crippen molar-refractivity contribution >= 4 is 11.7 Å². The number of benzene rings is 2. The summed E-state index contributed by atoms with van der Waals surface area (Å²) in [5, 5.41) is 7.01. The zero-order valence-corrected chi connectivity index (χ0v) is 17.7. The van der Waals surface area contributed by atoms with Gasteiger partial charge in [0.2, 0.25) is 0 Å². The van der Waals surface area contributed by atoms with Crippen molar-refractivity contribution in [1.82, 2.24) is 19.3 Å². The number of imidazole rings is 1. The molecule has 0 radical (unpaired) electrons. The molecule has 2 aromatic heterocycles. The molecule has 33 heavy (non-hydrogen) atoms. The molecule has 0 aliphatic carbocycles. The zero-order chi connectivity index (χ0) is 23.2. The SMILES string of the molecule is Cn1ccc(-c2cc(C(=O)Nc3c(-c4ccccc4)nc4n3CCC4)ccc2C(F)(F)F)n1. The molecule has 0 atom stereocenters. The van der Waals surface area contributed by atoms with Crippen LogP contribution in [-0.2, 0) is 26.2 Å². The number of nitrogens with one attached hydrogen (secondary N) is 1. The smallest absolute Gasteiger partial charge is 0.314 e. The summed E-state index contributed by atoms with van der Waals surface area (Å²) in [6.45, 7) is 0.719. The summed E-state index contributed by atoms with van der Waals surface area (Å²) in [6.07, 6.45) is -1.29. The fraction of sp³-hybridized carbons (Fsp3) is 0.208. The Hall–Kier alpha value is -3.88. The summed E-state index contributed by atoms with van der Waals surface area (Å²) in [5.41, 5.74) is 0.781. The number of fused-ring (bicyclic) bond motifs is 1. The molecular formula is C24H20F3N5O. The predicted molar refractivity (Wildman–Crippen MR) is 118 cm³/mol. The maximum absolute atomic E-state index is 13.6. The first-order valence-corrected chi connectivity index (χ1v) is 10.5. The number of carbonyl (C=O) groups is 1. The highest BCUT2D eigenvalue weighted by molar-refractivity contribution is 6.06. The summed E-state index contributed by atoms with van der Waals surface area (Å²) >= 11 is 0. The van der Waals surface area contributed by atoms with Crippen LogP contribution in [-0.4, -0.2) is 25.2 Å². The molecular weight excluding hydrogens is 431 g/mol. The second kappa shape index (κ2) is 7.91. The molecule has 0 saturated heterocycles. The lowest BCUT2D eigenvalue weighted by Crippen LogP contribution is -2.17. The van der Waals surface area contributed by atoms with Crippen molar-refractivity contribution in [2.24, 2.45) is 7.05 Å². The van der Waals surface area contributed by atoms with Crippen molar-refractivity contribution in [2.45, 2.75) is 25.6 Å². The molecule has 6 nitrogen and oxygen atoms in total. The van der Waals surface area contributed by atoms with E-state index in [1.807, 2.05) is 34.9 Å². The number of rotatable bonds is 4. The van der Waals surface area contributed by atoms with Gasteiger partial charge < -0.3 is 9.88 Å². The normalized spacial score (nSPS) is 13.2. The number of halogens is 3. The number of nitrogens with zero attached hydrogens (tertiary/aromatic N) is 4. The average Bonchev–Trinajstić information content (AvgIpc) is 3.51. The number of alkyl halides is 3. The third-order valence-electron chi connectivity index (χ3n) is 5.68. The van der Waals surface area contributed by atoms with Crippen molar-refractivity contribution in [3.8, 4) is 22.5 Å². The Bertz CT molecular complexity index is 1340. The molecule has 1 amide bonds. The van der Waals surface area contributed by atoms with Gasteiger partial charge in [-0.2, -0.15) is 18.3 Å². The van der Waals surface area contributed by atoms with Crippen LogP contribution in [0.4, 0.5) is 19.0 Å². The summed E-state index contributed by atoms with van der Waals surface area (Å²) in [6, 6.07) is 14.3. The number of aromatic nitrogens is 4. The van der Waals surface area contributed by atoms with Crippen molar-refractivity contribution in [3.63, 3.8) is 0 Å². The summed E-state index contributed by atoms with van der Waals surface area (Å²) in [5.74, 6) is 0.927. The number of amides is 1. The first-order valence-electron chi connectivity index (χ1n) is 10.5. The van der Waals surface area contributed by atoms with Gasteiger partial charge in [0, 0.05) is 42.9 Å². The van der Waals surface area contributed by atoms with Gasteiger partial charge in [0.1, 0.15) is 17.3 Å². The fourth-order valence-electron chi connectivity index (χ4n) is 4.13. The van der Waals surface area contributed by atoms with Crippen LogP contribution in [0.3, 0.4) is 0 Å². The lowest BCUT2D eigenvalue weighted by molar-refractivity contribution is -0.137. The average molecular weight is 451 g/mol. The molecule has 1 aliphatic heterocycles. The van der Waals surface area contributed by atoms with E-state index in [1.54, 1.807) is 13.2 Å². The third kappa shape index (κ3) is 3.90. The number of carbonyl (C=O) groups excluding carboxylic acids is 1. The topological polar surface area (TPSA) is 64.7 Å². The molecule has 1 aliphatic rings. The van der Waals surface area contributed by atoms with E-state index in [1.165, 1.54) is 22.9 Å². The molecule has 0 bridgehead atoms. The lowest BCUT2D eigenvalue weighted by Gasteiger charge is -2.14. The quantitative estimate of drug-likeness (QED) is 0.466. The lowest BCUT2D eigenvalue weighted by atomic mass is 10.0. The summed E-state index contributed by atoms with van der Waals surface area (Å²) in [4.78, 5) is 17.9. The van der Waals surface area contributed by atoms with Gasteiger partial charge in [0.25, 0.3) is 5.91 Å². The van der Waals surface area contributed by atoms with Gasteiger partial charge in [-0.3, -0.25) is 9.48 Å². The maximum Gasteiger partial charge on any atom is 0.417 e. The number of hydrogen-bond donors (Lipinski definition) is 1. The van der Waals surface area contributed by atoms with E-state index < -0.39 is 17.6 Å². The number of anilines is 1. The Kier molecular flexibility index (Phi) is 5.03. The Morgan fingerprint density at radius 3 is 2.58 bits per heavy atom. The first kappa shape index (κ1) is 21.0. The van der Waals surface area contributed by atoms with E-state index in [2.05, 4.69) is 10.4 Å². The molecule has 1 N–H and O–H groups in total. The van der Waals surface area contributed by atoms with E-state index in [-0.39, 0.29) is 16.8 Å².